The SMILES string of the molecule is CCCNCc1cc(F)cc(N(C)C(C)COC)c1. The molecule has 0 aliphatic heterocycles. The van der Waals surface area contributed by atoms with Crippen molar-refractivity contribution in [2.24, 2.45) is 0 Å². The van der Waals surface area contributed by atoms with Crippen LogP contribution in [0.4, 0.5) is 10.1 Å². The Morgan fingerprint density at radius 3 is 2.74 bits per heavy atom. The Kier molecular flexibility index (Phi) is 6.81. The molecule has 0 amide bonds. The van der Waals surface area contributed by atoms with E-state index in [1.807, 2.05) is 18.0 Å². The number of anilines is 1. The normalized spacial score (nSPS) is 12.5. The van der Waals surface area contributed by atoms with Gasteiger partial charge in [0.1, 0.15) is 5.82 Å². The standard InChI is InChI=1S/C15H25FN2O/c1-5-6-17-10-13-7-14(16)9-15(8-13)18(3)12(2)11-19-4/h7-9,12,17H,5-6,10-11H2,1-4H3. The number of methoxy groups -OCH3 is 1. The van der Waals surface area contributed by atoms with Crippen molar-refractivity contribution in [2.75, 3.05) is 32.2 Å². The summed E-state index contributed by atoms with van der Waals surface area (Å²) in [6.07, 6.45) is 1.08. The van der Waals surface area contributed by atoms with Gasteiger partial charge in [0, 0.05) is 32.4 Å². The summed E-state index contributed by atoms with van der Waals surface area (Å²) in [6, 6.07) is 5.39. The molecule has 0 saturated heterocycles. The van der Waals surface area contributed by atoms with Crippen molar-refractivity contribution in [3.63, 3.8) is 0 Å². The first-order chi connectivity index (χ1) is 9.08. The number of ether oxygens (including phenoxy) is 1. The molecule has 1 unspecified atom stereocenters. The van der Waals surface area contributed by atoms with Crippen molar-refractivity contribution in [3.8, 4) is 0 Å². The molecule has 0 fully saturated rings. The van der Waals surface area contributed by atoms with Gasteiger partial charge >= 0.3 is 0 Å². The quantitative estimate of drug-likeness (QED) is 0.734. The first-order valence-electron chi connectivity index (χ1n) is 6.80. The van der Waals surface area contributed by atoms with Gasteiger partial charge in [-0.3, -0.25) is 0 Å². The summed E-state index contributed by atoms with van der Waals surface area (Å²) < 4.78 is 18.8. The van der Waals surface area contributed by atoms with Crippen LogP contribution >= 0.6 is 0 Å². The van der Waals surface area contributed by atoms with Crippen molar-refractivity contribution in [2.45, 2.75) is 32.9 Å². The lowest BCUT2D eigenvalue weighted by Gasteiger charge is -2.27. The molecule has 0 bridgehead atoms. The second kappa shape index (κ2) is 8.12. The van der Waals surface area contributed by atoms with Gasteiger partial charge in [-0.2, -0.15) is 0 Å². The molecule has 0 spiro atoms. The van der Waals surface area contributed by atoms with Gasteiger partial charge in [0.2, 0.25) is 0 Å². The number of nitrogens with one attached hydrogen (secondary N) is 1. The summed E-state index contributed by atoms with van der Waals surface area (Å²) in [5, 5.41) is 3.29. The van der Waals surface area contributed by atoms with Crippen LogP contribution in [0.2, 0.25) is 0 Å². The van der Waals surface area contributed by atoms with Gasteiger partial charge in [0.15, 0.2) is 0 Å². The third kappa shape index (κ3) is 5.17. The molecule has 0 aliphatic carbocycles. The van der Waals surface area contributed by atoms with E-state index in [-0.39, 0.29) is 11.9 Å². The highest BCUT2D eigenvalue weighted by atomic mass is 19.1. The van der Waals surface area contributed by atoms with E-state index < -0.39 is 0 Å². The van der Waals surface area contributed by atoms with Gasteiger partial charge < -0.3 is 15.0 Å². The molecule has 1 N–H and O–H groups in total. The van der Waals surface area contributed by atoms with E-state index in [1.165, 1.54) is 0 Å². The predicted molar refractivity (Wildman–Crippen MR) is 78.1 cm³/mol. The van der Waals surface area contributed by atoms with Crippen molar-refractivity contribution in [3.05, 3.63) is 29.6 Å². The molecule has 3 nitrogen and oxygen atoms in total. The fraction of sp³-hybridized carbons (Fsp3) is 0.600. The lowest BCUT2D eigenvalue weighted by Crippen LogP contribution is -2.32. The van der Waals surface area contributed by atoms with Crippen LogP contribution in [0.25, 0.3) is 0 Å². The average molecular weight is 268 g/mol. The number of halogens is 1. The molecule has 1 rings (SSSR count). The van der Waals surface area contributed by atoms with Gasteiger partial charge in [0.25, 0.3) is 0 Å². The van der Waals surface area contributed by atoms with E-state index in [0.29, 0.717) is 13.2 Å². The summed E-state index contributed by atoms with van der Waals surface area (Å²) >= 11 is 0. The van der Waals surface area contributed by atoms with Crippen LogP contribution in [0.1, 0.15) is 25.8 Å². The van der Waals surface area contributed by atoms with Gasteiger partial charge in [-0.15, -0.1) is 0 Å². The minimum atomic E-state index is -0.192. The Labute approximate surface area is 115 Å². The minimum absolute atomic E-state index is 0.192. The maximum Gasteiger partial charge on any atom is 0.125 e. The molecule has 0 heterocycles. The molecule has 1 aromatic carbocycles. The third-order valence-electron chi connectivity index (χ3n) is 3.17. The largest absolute Gasteiger partial charge is 0.383 e. The molecule has 108 valence electrons. The summed E-state index contributed by atoms with van der Waals surface area (Å²) in [5.74, 6) is -0.192. The van der Waals surface area contributed by atoms with Crippen LogP contribution in [0, 0.1) is 5.82 Å². The van der Waals surface area contributed by atoms with Crippen LogP contribution in [0.15, 0.2) is 18.2 Å². The summed E-state index contributed by atoms with van der Waals surface area (Å²) in [7, 11) is 3.64. The molecule has 1 aromatic rings. The fourth-order valence-electron chi connectivity index (χ4n) is 1.96. The number of benzene rings is 1. The molecule has 4 heteroatoms. The third-order valence-corrected chi connectivity index (χ3v) is 3.17. The first kappa shape index (κ1) is 15.9. The second-order valence-corrected chi connectivity index (χ2v) is 4.91. The highest BCUT2D eigenvalue weighted by Gasteiger charge is 2.11. The van der Waals surface area contributed by atoms with Crippen molar-refractivity contribution >= 4 is 5.69 Å². The van der Waals surface area contributed by atoms with Gasteiger partial charge in [0.05, 0.1) is 6.61 Å². The molecule has 1 atom stereocenters. The van der Waals surface area contributed by atoms with E-state index in [2.05, 4.69) is 19.2 Å². The van der Waals surface area contributed by atoms with E-state index in [0.717, 1.165) is 24.2 Å². The Hall–Kier alpha value is -1.13. The molecular formula is C15H25FN2O. The topological polar surface area (TPSA) is 24.5 Å². The van der Waals surface area contributed by atoms with Crippen LogP contribution in [0.5, 0.6) is 0 Å². The lowest BCUT2D eigenvalue weighted by atomic mass is 10.1. The molecule has 0 aromatic heterocycles. The zero-order valence-electron chi connectivity index (χ0n) is 12.4. The number of likely N-dealkylation sites (N-methyl/N-ethyl adjacent to an activating group) is 1. The second-order valence-electron chi connectivity index (χ2n) is 4.91. The minimum Gasteiger partial charge on any atom is -0.383 e. The molecular weight excluding hydrogens is 243 g/mol. The van der Waals surface area contributed by atoms with Gasteiger partial charge in [-0.25, -0.2) is 4.39 Å². The van der Waals surface area contributed by atoms with Crippen LogP contribution in [-0.4, -0.2) is 33.4 Å². The predicted octanol–water partition coefficient (Wildman–Crippen LogP) is 2.80. The Morgan fingerprint density at radius 1 is 1.37 bits per heavy atom. The molecule has 0 saturated carbocycles. The van der Waals surface area contributed by atoms with Crippen molar-refractivity contribution < 1.29 is 9.13 Å². The monoisotopic (exact) mass is 268 g/mol. The van der Waals surface area contributed by atoms with Crippen LogP contribution in [-0.2, 0) is 11.3 Å². The lowest BCUT2D eigenvalue weighted by molar-refractivity contribution is 0.183. The van der Waals surface area contributed by atoms with Crippen LogP contribution < -0.4 is 10.2 Å². The summed E-state index contributed by atoms with van der Waals surface area (Å²) in [4.78, 5) is 2.04. The summed E-state index contributed by atoms with van der Waals surface area (Å²) in [6.45, 7) is 6.44. The van der Waals surface area contributed by atoms with Gasteiger partial charge in [-0.05, 0) is 43.7 Å². The Balaban J connectivity index is 2.77. The molecule has 19 heavy (non-hydrogen) atoms. The number of hydrogen-bond donors (Lipinski definition) is 1. The van der Waals surface area contributed by atoms with Crippen molar-refractivity contribution in [1.29, 1.82) is 0 Å². The van der Waals surface area contributed by atoms with Gasteiger partial charge in [-0.1, -0.05) is 6.92 Å². The van der Waals surface area contributed by atoms with Crippen molar-refractivity contribution in [1.82, 2.24) is 5.32 Å². The Morgan fingerprint density at radius 2 is 2.11 bits per heavy atom. The average Bonchev–Trinajstić information content (AvgIpc) is 2.38. The van der Waals surface area contributed by atoms with Crippen LogP contribution in [0.3, 0.4) is 0 Å². The number of rotatable bonds is 8. The molecule has 0 radical (unpaired) electrons. The first-order valence-corrected chi connectivity index (χ1v) is 6.80. The maximum atomic E-state index is 13.7. The highest BCUT2D eigenvalue weighted by molar-refractivity contribution is 5.49. The van der Waals surface area contributed by atoms with E-state index in [4.69, 9.17) is 4.74 Å². The highest BCUT2D eigenvalue weighted by Crippen LogP contribution is 2.19. The molecule has 0 aliphatic rings. The Bertz CT molecular complexity index is 384. The van der Waals surface area contributed by atoms with E-state index in [1.54, 1.807) is 19.2 Å². The zero-order valence-corrected chi connectivity index (χ0v) is 12.4. The fourth-order valence-corrected chi connectivity index (χ4v) is 1.96. The number of hydrogen-bond acceptors (Lipinski definition) is 3. The number of nitrogens with zero attached hydrogens (tertiary/aromatic N) is 1. The smallest absolute Gasteiger partial charge is 0.125 e. The summed E-state index contributed by atoms with van der Waals surface area (Å²) in [5.41, 5.74) is 1.86. The maximum absolute atomic E-state index is 13.7. The zero-order chi connectivity index (χ0) is 14.3. The van der Waals surface area contributed by atoms with E-state index in [9.17, 15) is 4.39 Å². The van der Waals surface area contributed by atoms with E-state index >= 15 is 0 Å².